The Hall–Kier alpha value is -1.50. The van der Waals surface area contributed by atoms with Crippen molar-refractivity contribution in [2.45, 2.75) is 19.9 Å². The molecule has 7 heteroatoms. The summed E-state index contributed by atoms with van der Waals surface area (Å²) >= 11 is 7.75. The van der Waals surface area contributed by atoms with E-state index in [-0.39, 0.29) is 5.91 Å². The molecule has 3 heterocycles. The maximum absolute atomic E-state index is 13.0. The number of nitrogens with zero attached hydrogens (tertiary/aromatic N) is 3. The summed E-state index contributed by atoms with van der Waals surface area (Å²) in [6, 6.07) is 1.68. The molecule has 5 nitrogen and oxygen atoms in total. The number of nitrogens with one attached hydrogen (secondary N) is 1. The van der Waals surface area contributed by atoms with Crippen LogP contribution in [0.15, 0.2) is 24.0 Å². The van der Waals surface area contributed by atoms with Gasteiger partial charge in [-0.25, -0.2) is 4.98 Å². The Bertz CT molecular complexity index is 684. The highest BCUT2D eigenvalue weighted by atomic mass is 35.5. The summed E-state index contributed by atoms with van der Waals surface area (Å²) in [5.74, 6) is 0.435. The molecule has 1 N–H and O–H groups in total. The molecule has 122 valence electrons. The van der Waals surface area contributed by atoms with Gasteiger partial charge in [-0.1, -0.05) is 11.6 Å². The fourth-order valence-corrected chi connectivity index (χ4v) is 3.76. The Morgan fingerprint density at radius 3 is 3.09 bits per heavy atom. The molecule has 0 saturated carbocycles. The monoisotopic (exact) mass is 350 g/mol. The number of hydrogen-bond donors (Lipinski definition) is 1. The third kappa shape index (κ3) is 3.88. The van der Waals surface area contributed by atoms with Gasteiger partial charge in [-0.3, -0.25) is 9.78 Å². The lowest BCUT2D eigenvalue weighted by molar-refractivity contribution is 0.0720. The second kappa shape index (κ2) is 7.38. The molecule has 1 unspecified atom stereocenters. The molecular formula is C16H19ClN4OS. The third-order valence-corrected chi connectivity index (χ3v) is 5.33. The van der Waals surface area contributed by atoms with Gasteiger partial charge in [-0.2, -0.15) is 0 Å². The molecule has 1 saturated heterocycles. The largest absolute Gasteiger partial charge is 0.333 e. The first-order valence-electron chi connectivity index (χ1n) is 7.63. The van der Waals surface area contributed by atoms with Gasteiger partial charge < -0.3 is 10.2 Å². The van der Waals surface area contributed by atoms with Crippen LogP contribution < -0.4 is 5.32 Å². The van der Waals surface area contributed by atoms with Gasteiger partial charge in [0.25, 0.3) is 5.91 Å². The van der Waals surface area contributed by atoms with Crippen molar-refractivity contribution in [3.63, 3.8) is 0 Å². The van der Waals surface area contributed by atoms with Crippen LogP contribution in [0, 0.1) is 12.8 Å². The molecule has 23 heavy (non-hydrogen) atoms. The van der Waals surface area contributed by atoms with E-state index in [2.05, 4.69) is 15.3 Å². The zero-order chi connectivity index (χ0) is 16.2. The first-order valence-corrected chi connectivity index (χ1v) is 8.89. The summed E-state index contributed by atoms with van der Waals surface area (Å²) in [4.78, 5) is 24.2. The van der Waals surface area contributed by atoms with Crippen LogP contribution in [0.2, 0.25) is 5.02 Å². The van der Waals surface area contributed by atoms with E-state index >= 15 is 0 Å². The molecule has 1 amide bonds. The van der Waals surface area contributed by atoms with Crippen molar-refractivity contribution >= 4 is 28.8 Å². The Kier molecular flexibility index (Phi) is 5.25. The van der Waals surface area contributed by atoms with Crippen molar-refractivity contribution in [1.82, 2.24) is 20.2 Å². The number of rotatable bonds is 5. The van der Waals surface area contributed by atoms with Crippen LogP contribution in [0.4, 0.5) is 0 Å². The minimum Gasteiger partial charge on any atom is -0.333 e. The first kappa shape index (κ1) is 16.4. The van der Waals surface area contributed by atoms with Crippen LogP contribution in [0.1, 0.15) is 27.3 Å². The number of amides is 1. The number of carbonyl (C=O) groups excluding carboxylic acids is 1. The fourth-order valence-electron chi connectivity index (χ4n) is 2.77. The van der Waals surface area contributed by atoms with E-state index in [4.69, 9.17) is 11.6 Å². The number of halogens is 1. The van der Waals surface area contributed by atoms with E-state index in [0.29, 0.717) is 23.0 Å². The zero-order valence-electron chi connectivity index (χ0n) is 13.0. The normalized spacial score (nSPS) is 17.4. The molecule has 1 atom stereocenters. The van der Waals surface area contributed by atoms with Crippen LogP contribution in [0.25, 0.3) is 0 Å². The molecule has 2 aromatic heterocycles. The molecule has 1 aliphatic rings. The number of aryl methyl sites for hydroxylation is 1. The van der Waals surface area contributed by atoms with Gasteiger partial charge in [0.2, 0.25) is 0 Å². The molecule has 3 rings (SSSR count). The quantitative estimate of drug-likeness (QED) is 0.900. The summed E-state index contributed by atoms with van der Waals surface area (Å²) in [6.45, 7) is 5.25. The highest BCUT2D eigenvalue weighted by Crippen LogP contribution is 2.22. The van der Waals surface area contributed by atoms with E-state index in [9.17, 15) is 4.79 Å². The highest BCUT2D eigenvalue weighted by molar-refractivity contribution is 7.09. The number of aromatic nitrogens is 2. The van der Waals surface area contributed by atoms with Crippen molar-refractivity contribution < 1.29 is 4.79 Å². The van der Waals surface area contributed by atoms with Crippen molar-refractivity contribution in [2.24, 2.45) is 5.92 Å². The smallest absolute Gasteiger partial charge is 0.255 e. The molecule has 0 radical (unpaired) electrons. The van der Waals surface area contributed by atoms with Gasteiger partial charge >= 0.3 is 0 Å². The van der Waals surface area contributed by atoms with Crippen molar-refractivity contribution in [1.29, 1.82) is 0 Å². The van der Waals surface area contributed by atoms with Crippen LogP contribution >= 0.6 is 22.9 Å². The fraction of sp³-hybridized carbons (Fsp3) is 0.438. The van der Waals surface area contributed by atoms with E-state index in [1.54, 1.807) is 23.6 Å². The van der Waals surface area contributed by atoms with Crippen molar-refractivity contribution in [3.8, 4) is 0 Å². The van der Waals surface area contributed by atoms with Crippen LogP contribution in [-0.2, 0) is 6.54 Å². The average Bonchev–Trinajstić information content (AvgIpc) is 3.19. The number of carbonyl (C=O) groups is 1. The standard InChI is InChI=1S/C16H19ClN4OS/c1-11-15(23-10-20-11)9-21(8-12-2-4-18-6-12)16(22)13-3-5-19-7-14(13)17/h3,5,7,10,12,18H,2,4,6,8-9H2,1H3. The van der Waals surface area contributed by atoms with Gasteiger partial charge in [0.15, 0.2) is 0 Å². The summed E-state index contributed by atoms with van der Waals surface area (Å²) in [5, 5.41) is 3.75. The molecule has 0 aliphatic carbocycles. The Morgan fingerprint density at radius 2 is 2.43 bits per heavy atom. The van der Waals surface area contributed by atoms with E-state index in [1.807, 2.05) is 17.3 Å². The van der Waals surface area contributed by atoms with E-state index in [0.717, 1.165) is 36.6 Å². The maximum atomic E-state index is 13.0. The summed E-state index contributed by atoms with van der Waals surface area (Å²) in [5.41, 5.74) is 3.32. The summed E-state index contributed by atoms with van der Waals surface area (Å²) in [6.07, 6.45) is 4.21. The third-order valence-electron chi connectivity index (χ3n) is 4.11. The first-order chi connectivity index (χ1) is 11.1. The second-order valence-electron chi connectivity index (χ2n) is 5.76. The Balaban J connectivity index is 1.83. The topological polar surface area (TPSA) is 58.1 Å². The van der Waals surface area contributed by atoms with Crippen LogP contribution in [0.5, 0.6) is 0 Å². The van der Waals surface area contributed by atoms with Crippen molar-refractivity contribution in [2.75, 3.05) is 19.6 Å². The van der Waals surface area contributed by atoms with Crippen LogP contribution in [0.3, 0.4) is 0 Å². The lowest BCUT2D eigenvalue weighted by atomic mass is 10.1. The number of pyridine rings is 1. The molecule has 1 fully saturated rings. The van der Waals surface area contributed by atoms with Gasteiger partial charge in [-0.05, 0) is 38.4 Å². The lowest BCUT2D eigenvalue weighted by Crippen LogP contribution is -2.35. The maximum Gasteiger partial charge on any atom is 0.255 e. The molecule has 0 aromatic carbocycles. The summed E-state index contributed by atoms with van der Waals surface area (Å²) < 4.78 is 0. The summed E-state index contributed by atoms with van der Waals surface area (Å²) in [7, 11) is 0. The van der Waals surface area contributed by atoms with Crippen molar-refractivity contribution in [3.05, 3.63) is 45.1 Å². The molecule has 0 spiro atoms. The lowest BCUT2D eigenvalue weighted by Gasteiger charge is -2.25. The van der Waals surface area contributed by atoms with Gasteiger partial charge in [0, 0.05) is 23.8 Å². The van der Waals surface area contributed by atoms with Gasteiger partial charge in [0.05, 0.1) is 28.3 Å². The van der Waals surface area contributed by atoms with E-state index in [1.165, 1.54) is 6.20 Å². The van der Waals surface area contributed by atoms with Gasteiger partial charge in [0.1, 0.15) is 0 Å². The Morgan fingerprint density at radius 1 is 1.57 bits per heavy atom. The number of hydrogen-bond acceptors (Lipinski definition) is 5. The average molecular weight is 351 g/mol. The zero-order valence-corrected chi connectivity index (χ0v) is 14.5. The SMILES string of the molecule is Cc1ncsc1CN(CC1CCNC1)C(=O)c1ccncc1Cl. The highest BCUT2D eigenvalue weighted by Gasteiger charge is 2.25. The minimum absolute atomic E-state index is 0.0444. The van der Waals surface area contributed by atoms with Crippen LogP contribution in [-0.4, -0.2) is 40.4 Å². The molecule has 1 aliphatic heterocycles. The molecule has 2 aromatic rings. The number of thiazole rings is 1. The minimum atomic E-state index is -0.0444. The van der Waals surface area contributed by atoms with Gasteiger partial charge in [-0.15, -0.1) is 11.3 Å². The Labute approximate surface area is 144 Å². The predicted molar refractivity (Wildman–Crippen MR) is 91.8 cm³/mol. The molecular weight excluding hydrogens is 332 g/mol. The molecule has 0 bridgehead atoms. The second-order valence-corrected chi connectivity index (χ2v) is 7.11. The van der Waals surface area contributed by atoms with E-state index < -0.39 is 0 Å². The predicted octanol–water partition coefficient (Wildman–Crippen LogP) is 2.75.